The van der Waals surface area contributed by atoms with Gasteiger partial charge >= 0.3 is 0 Å². The minimum Gasteiger partial charge on any atom is -0.490 e. The third-order valence-corrected chi connectivity index (χ3v) is 5.14. The molecule has 3 aromatic rings. The third-order valence-electron chi connectivity index (χ3n) is 4.24. The Balaban J connectivity index is 2.01. The van der Waals surface area contributed by atoms with Crippen LogP contribution in [0.5, 0.6) is 5.75 Å². The highest BCUT2D eigenvalue weighted by atomic mass is 32.1. The standard InChI is InChI=1S/C20H22N4O2S/c1-6-26-15-8-7-9-24-16(12(2)22-17(15)24)18(25)23-19-13(10-21)14(11-27-19)20(3,4)5/h7-9,11H,6H2,1-5H3,(H,23,25). The maximum atomic E-state index is 13.0. The van der Waals surface area contributed by atoms with Gasteiger partial charge in [-0.15, -0.1) is 11.3 Å². The summed E-state index contributed by atoms with van der Waals surface area (Å²) < 4.78 is 7.33. The molecule has 0 spiro atoms. The second-order valence-electron chi connectivity index (χ2n) is 7.21. The summed E-state index contributed by atoms with van der Waals surface area (Å²) in [7, 11) is 0. The molecule has 1 amide bonds. The van der Waals surface area contributed by atoms with Crippen LogP contribution in [0.1, 0.15) is 55.0 Å². The number of nitriles is 1. The summed E-state index contributed by atoms with van der Waals surface area (Å²) >= 11 is 1.37. The number of rotatable bonds is 4. The van der Waals surface area contributed by atoms with Crippen molar-refractivity contribution in [2.45, 2.75) is 40.0 Å². The van der Waals surface area contributed by atoms with Crippen molar-refractivity contribution in [2.24, 2.45) is 0 Å². The fraction of sp³-hybridized carbons (Fsp3) is 0.350. The number of pyridine rings is 1. The average molecular weight is 382 g/mol. The van der Waals surface area contributed by atoms with Gasteiger partial charge in [-0.05, 0) is 42.3 Å². The maximum Gasteiger partial charge on any atom is 0.275 e. The number of anilines is 1. The number of aromatic nitrogens is 2. The molecule has 1 N–H and O–H groups in total. The van der Waals surface area contributed by atoms with Crippen molar-refractivity contribution in [1.82, 2.24) is 9.38 Å². The fourth-order valence-electron chi connectivity index (χ4n) is 2.97. The Labute approximate surface area is 162 Å². The van der Waals surface area contributed by atoms with Crippen LogP contribution >= 0.6 is 11.3 Å². The Hall–Kier alpha value is -2.85. The van der Waals surface area contributed by atoms with E-state index in [4.69, 9.17) is 4.74 Å². The molecule has 7 heteroatoms. The summed E-state index contributed by atoms with van der Waals surface area (Å²) in [5.41, 5.74) is 2.91. The van der Waals surface area contributed by atoms with E-state index in [1.165, 1.54) is 11.3 Å². The number of thiophene rings is 1. The first-order valence-electron chi connectivity index (χ1n) is 8.71. The molecule has 140 valence electrons. The van der Waals surface area contributed by atoms with E-state index in [1.807, 2.05) is 45.2 Å². The van der Waals surface area contributed by atoms with Gasteiger partial charge in [0.25, 0.3) is 5.91 Å². The van der Waals surface area contributed by atoms with Crippen molar-refractivity contribution in [3.05, 3.63) is 46.2 Å². The summed E-state index contributed by atoms with van der Waals surface area (Å²) in [5.74, 6) is 0.332. The molecular formula is C20H22N4O2S. The van der Waals surface area contributed by atoms with Crippen molar-refractivity contribution in [3.8, 4) is 11.8 Å². The average Bonchev–Trinajstić information content (AvgIpc) is 3.15. The second-order valence-corrected chi connectivity index (χ2v) is 8.09. The first-order chi connectivity index (χ1) is 12.8. The summed E-state index contributed by atoms with van der Waals surface area (Å²) in [4.78, 5) is 17.5. The fourth-order valence-corrected chi connectivity index (χ4v) is 4.10. The van der Waals surface area contributed by atoms with Gasteiger partial charge < -0.3 is 10.1 Å². The maximum absolute atomic E-state index is 13.0. The topological polar surface area (TPSA) is 79.4 Å². The molecule has 0 saturated carbocycles. The lowest BCUT2D eigenvalue weighted by atomic mass is 9.86. The van der Waals surface area contributed by atoms with Gasteiger partial charge in [0, 0.05) is 6.20 Å². The molecule has 0 aliphatic heterocycles. The zero-order chi connectivity index (χ0) is 19.8. The Morgan fingerprint density at radius 2 is 2.19 bits per heavy atom. The number of hydrogen-bond acceptors (Lipinski definition) is 5. The molecule has 3 heterocycles. The lowest BCUT2D eigenvalue weighted by Crippen LogP contribution is -2.16. The zero-order valence-electron chi connectivity index (χ0n) is 16.1. The van der Waals surface area contributed by atoms with E-state index in [2.05, 4.69) is 16.4 Å². The summed E-state index contributed by atoms with van der Waals surface area (Å²) in [6.07, 6.45) is 1.78. The van der Waals surface area contributed by atoms with Gasteiger partial charge in [0.05, 0.1) is 17.9 Å². The van der Waals surface area contributed by atoms with Crippen LogP contribution in [-0.4, -0.2) is 21.9 Å². The lowest BCUT2D eigenvalue weighted by Gasteiger charge is -2.17. The van der Waals surface area contributed by atoms with Crippen LogP contribution in [-0.2, 0) is 5.41 Å². The predicted octanol–water partition coefficient (Wildman–Crippen LogP) is 4.52. The van der Waals surface area contributed by atoms with E-state index in [-0.39, 0.29) is 11.3 Å². The van der Waals surface area contributed by atoms with Crippen LogP contribution in [0.4, 0.5) is 5.00 Å². The van der Waals surface area contributed by atoms with E-state index >= 15 is 0 Å². The Morgan fingerprint density at radius 1 is 1.44 bits per heavy atom. The second kappa shape index (κ2) is 7.05. The minimum absolute atomic E-state index is 0.170. The molecule has 0 bridgehead atoms. The number of carbonyl (C=O) groups is 1. The normalized spacial score (nSPS) is 11.4. The smallest absolute Gasteiger partial charge is 0.275 e. The lowest BCUT2D eigenvalue weighted by molar-refractivity contribution is 0.102. The summed E-state index contributed by atoms with van der Waals surface area (Å²) in [5, 5.41) is 15.0. The Kier molecular flexibility index (Phi) is 4.94. The van der Waals surface area contributed by atoms with E-state index in [1.54, 1.807) is 17.5 Å². The van der Waals surface area contributed by atoms with Gasteiger partial charge in [-0.2, -0.15) is 5.26 Å². The van der Waals surface area contributed by atoms with E-state index in [0.717, 1.165) is 5.56 Å². The Bertz CT molecular complexity index is 1050. The van der Waals surface area contributed by atoms with Gasteiger partial charge in [-0.1, -0.05) is 20.8 Å². The van der Waals surface area contributed by atoms with Crippen molar-refractivity contribution in [1.29, 1.82) is 5.26 Å². The molecule has 0 atom stereocenters. The number of amides is 1. The van der Waals surface area contributed by atoms with Crippen LogP contribution < -0.4 is 10.1 Å². The number of carbonyl (C=O) groups excluding carboxylic acids is 1. The van der Waals surface area contributed by atoms with Crippen LogP contribution in [0.3, 0.4) is 0 Å². The molecular weight excluding hydrogens is 360 g/mol. The number of nitrogens with zero attached hydrogens (tertiary/aromatic N) is 3. The van der Waals surface area contributed by atoms with Crippen LogP contribution in [0, 0.1) is 18.3 Å². The SMILES string of the molecule is CCOc1cccn2c(C(=O)Nc3scc(C(C)(C)C)c3C#N)c(C)nc12. The van der Waals surface area contributed by atoms with Gasteiger partial charge in [0.15, 0.2) is 11.4 Å². The molecule has 0 unspecified atom stereocenters. The highest BCUT2D eigenvalue weighted by molar-refractivity contribution is 7.14. The number of imidazole rings is 1. The van der Waals surface area contributed by atoms with Crippen molar-refractivity contribution in [3.63, 3.8) is 0 Å². The van der Waals surface area contributed by atoms with E-state index < -0.39 is 0 Å². The Morgan fingerprint density at radius 3 is 2.81 bits per heavy atom. The molecule has 0 aromatic carbocycles. The number of ether oxygens (including phenoxy) is 1. The summed E-state index contributed by atoms with van der Waals surface area (Å²) in [6.45, 7) is 10.4. The molecule has 27 heavy (non-hydrogen) atoms. The first kappa shape index (κ1) is 18.9. The first-order valence-corrected chi connectivity index (χ1v) is 9.59. The van der Waals surface area contributed by atoms with Crippen LogP contribution in [0.15, 0.2) is 23.7 Å². The quantitative estimate of drug-likeness (QED) is 0.719. The monoisotopic (exact) mass is 382 g/mol. The number of fused-ring (bicyclic) bond motifs is 1. The van der Waals surface area contributed by atoms with Crippen LogP contribution in [0.2, 0.25) is 0 Å². The predicted molar refractivity (Wildman–Crippen MR) is 107 cm³/mol. The molecule has 3 rings (SSSR count). The number of aryl methyl sites for hydroxylation is 1. The van der Waals surface area contributed by atoms with Gasteiger partial charge in [0.2, 0.25) is 0 Å². The molecule has 0 saturated heterocycles. The highest BCUT2D eigenvalue weighted by Gasteiger charge is 2.25. The molecule has 0 aliphatic rings. The molecule has 0 fully saturated rings. The largest absolute Gasteiger partial charge is 0.490 e. The van der Waals surface area contributed by atoms with Gasteiger partial charge in [-0.25, -0.2) is 4.98 Å². The third kappa shape index (κ3) is 3.40. The van der Waals surface area contributed by atoms with Crippen molar-refractivity contribution in [2.75, 3.05) is 11.9 Å². The van der Waals surface area contributed by atoms with E-state index in [0.29, 0.717) is 40.0 Å². The highest BCUT2D eigenvalue weighted by Crippen LogP contribution is 2.36. The molecule has 6 nitrogen and oxygen atoms in total. The molecule has 3 aromatic heterocycles. The molecule has 0 radical (unpaired) electrons. The molecule has 0 aliphatic carbocycles. The minimum atomic E-state index is -0.299. The number of nitrogens with one attached hydrogen (secondary N) is 1. The van der Waals surface area contributed by atoms with Crippen molar-refractivity contribution >= 4 is 27.9 Å². The summed E-state index contributed by atoms with van der Waals surface area (Å²) in [6, 6.07) is 5.88. The van der Waals surface area contributed by atoms with Crippen LogP contribution in [0.25, 0.3) is 5.65 Å². The van der Waals surface area contributed by atoms with Gasteiger partial charge in [0.1, 0.15) is 16.8 Å². The zero-order valence-corrected chi connectivity index (χ0v) is 16.9. The van der Waals surface area contributed by atoms with E-state index in [9.17, 15) is 10.1 Å². The number of hydrogen-bond donors (Lipinski definition) is 1. The van der Waals surface area contributed by atoms with Gasteiger partial charge in [-0.3, -0.25) is 9.20 Å². The van der Waals surface area contributed by atoms with Crippen molar-refractivity contribution < 1.29 is 9.53 Å².